The second kappa shape index (κ2) is 7.43. The van der Waals surface area contributed by atoms with E-state index < -0.39 is 0 Å². The van der Waals surface area contributed by atoms with Gasteiger partial charge in [-0.2, -0.15) is 0 Å². The summed E-state index contributed by atoms with van der Waals surface area (Å²) in [6.45, 7) is 1.43. The number of rotatable bonds is 6. The standard InChI is InChI=1S/C13H15BrFN/c1-2-3-4-5-8-16-10-11-9-12(14)6-7-13(11)15/h1,6-7,9,16H,3-5,8,10H2. The summed E-state index contributed by atoms with van der Waals surface area (Å²) < 4.78 is 14.2. The van der Waals surface area contributed by atoms with E-state index in [1.165, 1.54) is 6.07 Å². The Bertz CT molecular complexity index is 371. The minimum absolute atomic E-state index is 0.167. The van der Waals surface area contributed by atoms with E-state index in [9.17, 15) is 4.39 Å². The fourth-order valence-electron chi connectivity index (χ4n) is 1.38. The maximum atomic E-state index is 13.3. The van der Waals surface area contributed by atoms with Crippen molar-refractivity contribution in [3.63, 3.8) is 0 Å². The molecule has 0 spiro atoms. The van der Waals surface area contributed by atoms with Crippen LogP contribution in [-0.2, 0) is 6.54 Å². The largest absolute Gasteiger partial charge is 0.313 e. The maximum absolute atomic E-state index is 13.3. The van der Waals surface area contributed by atoms with Crippen molar-refractivity contribution >= 4 is 15.9 Å². The summed E-state index contributed by atoms with van der Waals surface area (Å²) >= 11 is 3.32. The summed E-state index contributed by atoms with van der Waals surface area (Å²) in [7, 11) is 0. The van der Waals surface area contributed by atoms with Gasteiger partial charge in [-0.05, 0) is 37.6 Å². The van der Waals surface area contributed by atoms with Crippen LogP contribution in [0.1, 0.15) is 24.8 Å². The molecule has 0 aliphatic heterocycles. The first-order valence-corrected chi connectivity index (χ1v) is 6.11. The smallest absolute Gasteiger partial charge is 0.127 e. The lowest BCUT2D eigenvalue weighted by molar-refractivity contribution is 0.577. The molecule has 1 aromatic carbocycles. The molecule has 0 bridgehead atoms. The zero-order chi connectivity index (χ0) is 11.8. The Hall–Kier alpha value is -0.850. The molecular formula is C13H15BrFN. The summed E-state index contributed by atoms with van der Waals surface area (Å²) in [5.41, 5.74) is 0.686. The molecule has 0 amide bonds. The van der Waals surface area contributed by atoms with Crippen molar-refractivity contribution < 1.29 is 4.39 Å². The van der Waals surface area contributed by atoms with Crippen LogP contribution in [0.25, 0.3) is 0 Å². The average molecular weight is 284 g/mol. The van der Waals surface area contributed by atoms with Crippen LogP contribution in [0.4, 0.5) is 4.39 Å². The Morgan fingerprint density at radius 3 is 2.94 bits per heavy atom. The maximum Gasteiger partial charge on any atom is 0.127 e. The van der Waals surface area contributed by atoms with Crippen LogP contribution >= 0.6 is 15.9 Å². The second-order valence-corrected chi connectivity index (χ2v) is 4.49. The van der Waals surface area contributed by atoms with E-state index >= 15 is 0 Å². The van der Waals surface area contributed by atoms with E-state index in [1.54, 1.807) is 12.1 Å². The number of terminal acetylenes is 1. The molecule has 0 aliphatic rings. The van der Waals surface area contributed by atoms with Crippen LogP contribution in [-0.4, -0.2) is 6.54 Å². The van der Waals surface area contributed by atoms with Crippen molar-refractivity contribution in [3.05, 3.63) is 34.1 Å². The van der Waals surface area contributed by atoms with Crippen molar-refractivity contribution in [2.45, 2.75) is 25.8 Å². The number of hydrogen-bond donors (Lipinski definition) is 1. The summed E-state index contributed by atoms with van der Waals surface area (Å²) in [4.78, 5) is 0. The van der Waals surface area contributed by atoms with Gasteiger partial charge in [-0.25, -0.2) is 4.39 Å². The van der Waals surface area contributed by atoms with Crippen LogP contribution in [0.15, 0.2) is 22.7 Å². The third kappa shape index (κ3) is 4.78. The first-order valence-electron chi connectivity index (χ1n) is 5.32. The topological polar surface area (TPSA) is 12.0 Å². The van der Waals surface area contributed by atoms with Crippen molar-refractivity contribution in [1.82, 2.24) is 5.32 Å². The van der Waals surface area contributed by atoms with Gasteiger partial charge in [0.15, 0.2) is 0 Å². The first kappa shape index (κ1) is 13.2. The normalized spacial score (nSPS) is 10.1. The monoisotopic (exact) mass is 283 g/mol. The molecule has 0 fully saturated rings. The van der Waals surface area contributed by atoms with Gasteiger partial charge < -0.3 is 5.32 Å². The van der Waals surface area contributed by atoms with E-state index in [-0.39, 0.29) is 5.82 Å². The molecule has 1 rings (SSSR count). The van der Waals surface area contributed by atoms with Gasteiger partial charge in [0.25, 0.3) is 0 Å². The van der Waals surface area contributed by atoms with Gasteiger partial charge >= 0.3 is 0 Å². The van der Waals surface area contributed by atoms with Gasteiger partial charge in [-0.3, -0.25) is 0 Å². The predicted octanol–water partition coefficient (Wildman–Crippen LogP) is 3.48. The zero-order valence-corrected chi connectivity index (χ0v) is 10.7. The highest BCUT2D eigenvalue weighted by Gasteiger charge is 2.01. The molecule has 0 radical (unpaired) electrons. The summed E-state index contributed by atoms with van der Waals surface area (Å²) in [5.74, 6) is 2.43. The van der Waals surface area contributed by atoms with E-state index in [2.05, 4.69) is 27.2 Å². The highest BCUT2D eigenvalue weighted by Crippen LogP contribution is 2.15. The molecule has 0 unspecified atom stereocenters. The third-order valence-electron chi connectivity index (χ3n) is 2.25. The van der Waals surface area contributed by atoms with Crippen LogP contribution < -0.4 is 5.32 Å². The number of hydrogen-bond acceptors (Lipinski definition) is 1. The molecule has 1 nitrogen and oxygen atoms in total. The lowest BCUT2D eigenvalue weighted by Crippen LogP contribution is -2.15. The zero-order valence-electron chi connectivity index (χ0n) is 9.10. The van der Waals surface area contributed by atoms with Gasteiger partial charge in [0.2, 0.25) is 0 Å². The van der Waals surface area contributed by atoms with E-state index in [0.717, 1.165) is 30.3 Å². The fourth-order valence-corrected chi connectivity index (χ4v) is 1.79. The third-order valence-corrected chi connectivity index (χ3v) is 2.74. The fraction of sp³-hybridized carbons (Fsp3) is 0.385. The van der Waals surface area contributed by atoms with Gasteiger partial charge in [0.05, 0.1) is 0 Å². The van der Waals surface area contributed by atoms with E-state index in [0.29, 0.717) is 12.1 Å². The quantitative estimate of drug-likeness (QED) is 0.623. The highest BCUT2D eigenvalue weighted by atomic mass is 79.9. The summed E-state index contributed by atoms with van der Waals surface area (Å²) in [6, 6.07) is 4.97. The molecule has 3 heteroatoms. The Morgan fingerprint density at radius 2 is 2.19 bits per heavy atom. The molecule has 0 aliphatic carbocycles. The molecule has 16 heavy (non-hydrogen) atoms. The number of nitrogens with one attached hydrogen (secondary N) is 1. The number of unbranched alkanes of at least 4 members (excludes halogenated alkanes) is 2. The molecule has 0 saturated heterocycles. The van der Waals surface area contributed by atoms with Gasteiger partial charge in [-0.1, -0.05) is 15.9 Å². The van der Waals surface area contributed by atoms with Crippen LogP contribution in [0.2, 0.25) is 0 Å². The van der Waals surface area contributed by atoms with Crippen LogP contribution in [0.5, 0.6) is 0 Å². The summed E-state index contributed by atoms with van der Waals surface area (Å²) in [5, 5.41) is 3.20. The van der Waals surface area contributed by atoms with Crippen LogP contribution in [0.3, 0.4) is 0 Å². The van der Waals surface area contributed by atoms with Crippen molar-refractivity contribution in [3.8, 4) is 12.3 Å². The minimum atomic E-state index is -0.167. The average Bonchev–Trinajstić information content (AvgIpc) is 2.28. The Morgan fingerprint density at radius 1 is 1.38 bits per heavy atom. The Labute approximate surface area is 105 Å². The van der Waals surface area contributed by atoms with Crippen molar-refractivity contribution in [1.29, 1.82) is 0 Å². The molecule has 0 saturated carbocycles. The minimum Gasteiger partial charge on any atom is -0.313 e. The molecule has 0 atom stereocenters. The van der Waals surface area contributed by atoms with Gasteiger partial charge in [0.1, 0.15) is 5.82 Å². The lowest BCUT2D eigenvalue weighted by atomic mass is 10.2. The molecule has 0 heterocycles. The number of halogens is 2. The highest BCUT2D eigenvalue weighted by molar-refractivity contribution is 9.10. The Balaban J connectivity index is 2.27. The van der Waals surface area contributed by atoms with Crippen LogP contribution in [0, 0.1) is 18.2 Å². The van der Waals surface area contributed by atoms with Crippen molar-refractivity contribution in [2.24, 2.45) is 0 Å². The lowest BCUT2D eigenvalue weighted by Gasteiger charge is -2.06. The van der Waals surface area contributed by atoms with Crippen molar-refractivity contribution in [2.75, 3.05) is 6.54 Å². The van der Waals surface area contributed by atoms with Gasteiger partial charge in [0, 0.05) is 23.0 Å². The van der Waals surface area contributed by atoms with E-state index in [4.69, 9.17) is 6.42 Å². The molecule has 1 aromatic rings. The summed E-state index contributed by atoms with van der Waals surface area (Å²) in [6.07, 6.45) is 8.00. The first-order chi connectivity index (χ1) is 7.74. The molecule has 0 aromatic heterocycles. The predicted molar refractivity (Wildman–Crippen MR) is 68.5 cm³/mol. The molecular weight excluding hydrogens is 269 g/mol. The molecule has 86 valence electrons. The second-order valence-electron chi connectivity index (χ2n) is 3.57. The molecule has 1 N–H and O–H groups in total. The number of benzene rings is 1. The van der Waals surface area contributed by atoms with Gasteiger partial charge in [-0.15, -0.1) is 12.3 Å². The van der Waals surface area contributed by atoms with E-state index in [1.807, 2.05) is 0 Å². The Kier molecular flexibility index (Phi) is 6.14. The SMILES string of the molecule is C#CCCCCNCc1cc(Br)ccc1F.